The van der Waals surface area contributed by atoms with Gasteiger partial charge >= 0.3 is 0 Å². The molecule has 0 spiro atoms. The van der Waals surface area contributed by atoms with Crippen molar-refractivity contribution in [3.63, 3.8) is 0 Å². The molecule has 0 N–H and O–H groups in total. The van der Waals surface area contributed by atoms with Gasteiger partial charge in [0.05, 0.1) is 11.5 Å². The van der Waals surface area contributed by atoms with Gasteiger partial charge in [0.25, 0.3) is 0 Å². The van der Waals surface area contributed by atoms with Gasteiger partial charge in [0.2, 0.25) is 0 Å². The molecule has 19 heavy (non-hydrogen) atoms. The van der Waals surface area contributed by atoms with Crippen LogP contribution >= 0.6 is 0 Å². The third kappa shape index (κ3) is 14.2. The van der Waals surface area contributed by atoms with Crippen LogP contribution in [0.25, 0.3) is 0 Å². The van der Waals surface area contributed by atoms with Gasteiger partial charge in [-0.2, -0.15) is 0 Å². The molecule has 0 bridgehead atoms. The zero-order valence-electron chi connectivity index (χ0n) is 13.3. The summed E-state index contributed by atoms with van der Waals surface area (Å²) in [6.45, 7) is 6.18. The maximum absolute atomic E-state index is 11.7. The maximum Gasteiger partial charge on any atom is 0.150 e. The Morgan fingerprint density at radius 2 is 1.16 bits per heavy atom. The Balaban J connectivity index is 3.31. The molecule has 0 fully saturated rings. The summed E-state index contributed by atoms with van der Waals surface area (Å²) >= 11 is 0. The van der Waals surface area contributed by atoms with Crippen molar-refractivity contribution in [2.75, 3.05) is 11.5 Å². The third-order valence-electron chi connectivity index (χ3n) is 3.40. The number of unbranched alkanes of at least 4 members (excludes halogenated alkanes) is 9. The fraction of sp³-hybridized carbons (Fsp3) is 1.00. The maximum atomic E-state index is 11.7. The van der Waals surface area contributed by atoms with Crippen molar-refractivity contribution in [2.45, 2.75) is 85.0 Å². The van der Waals surface area contributed by atoms with Crippen molar-refractivity contribution in [1.29, 1.82) is 0 Å². The Morgan fingerprint density at radius 3 is 1.58 bits per heavy atom. The second-order valence-electron chi connectivity index (χ2n) is 6.19. The van der Waals surface area contributed by atoms with Crippen molar-refractivity contribution in [3.05, 3.63) is 0 Å². The lowest BCUT2D eigenvalue weighted by Gasteiger charge is -2.06. The second-order valence-corrected chi connectivity index (χ2v) is 8.42. The van der Waals surface area contributed by atoms with Crippen LogP contribution in [0.15, 0.2) is 0 Å². The first-order chi connectivity index (χ1) is 8.98. The van der Waals surface area contributed by atoms with Crippen molar-refractivity contribution in [3.8, 4) is 0 Å². The summed E-state index contributed by atoms with van der Waals surface area (Å²) in [5.41, 5.74) is 0. The number of hydrogen-bond acceptors (Lipinski definition) is 2. The fourth-order valence-corrected chi connectivity index (χ4v) is 4.23. The van der Waals surface area contributed by atoms with E-state index in [2.05, 4.69) is 6.92 Å². The molecular formula is C16H34O2S. The lowest BCUT2D eigenvalue weighted by Crippen LogP contribution is -2.15. The lowest BCUT2D eigenvalue weighted by atomic mass is 10.1. The van der Waals surface area contributed by atoms with Crippen molar-refractivity contribution in [1.82, 2.24) is 0 Å². The van der Waals surface area contributed by atoms with Gasteiger partial charge in [-0.1, -0.05) is 78.6 Å². The third-order valence-corrected chi connectivity index (χ3v) is 5.48. The quantitative estimate of drug-likeness (QED) is 0.448. The summed E-state index contributed by atoms with van der Waals surface area (Å²) in [6.07, 6.45) is 12.5. The summed E-state index contributed by atoms with van der Waals surface area (Å²) in [5, 5.41) is 0. The van der Waals surface area contributed by atoms with Crippen molar-refractivity contribution in [2.24, 2.45) is 5.92 Å². The van der Waals surface area contributed by atoms with Crippen LogP contribution in [0.4, 0.5) is 0 Å². The summed E-state index contributed by atoms with van der Waals surface area (Å²) in [4.78, 5) is 0. The first-order valence-corrected chi connectivity index (χ1v) is 10.0. The van der Waals surface area contributed by atoms with E-state index in [9.17, 15) is 8.42 Å². The molecule has 0 unspecified atom stereocenters. The first-order valence-electron chi connectivity index (χ1n) is 8.18. The predicted octanol–water partition coefficient (Wildman–Crippen LogP) is 4.98. The predicted molar refractivity (Wildman–Crippen MR) is 85.3 cm³/mol. The monoisotopic (exact) mass is 290 g/mol. The molecule has 0 saturated carbocycles. The molecule has 3 heteroatoms. The second kappa shape index (κ2) is 11.7. The van der Waals surface area contributed by atoms with Gasteiger partial charge in [0.1, 0.15) is 0 Å². The van der Waals surface area contributed by atoms with E-state index in [0.717, 1.165) is 12.8 Å². The minimum Gasteiger partial charge on any atom is -0.229 e. The molecule has 0 aliphatic rings. The normalized spacial score (nSPS) is 12.2. The number of rotatable bonds is 13. The molecule has 0 aromatic rings. The average molecular weight is 291 g/mol. The molecule has 2 nitrogen and oxygen atoms in total. The van der Waals surface area contributed by atoms with E-state index in [1.54, 1.807) is 0 Å². The summed E-state index contributed by atoms with van der Waals surface area (Å²) in [7, 11) is -2.79. The van der Waals surface area contributed by atoms with Crippen molar-refractivity contribution < 1.29 is 8.42 Å². The molecule has 0 amide bonds. The van der Waals surface area contributed by atoms with Gasteiger partial charge in [-0.25, -0.2) is 8.42 Å². The highest BCUT2D eigenvalue weighted by Crippen LogP contribution is 2.11. The highest BCUT2D eigenvalue weighted by atomic mass is 32.2. The molecule has 0 aromatic heterocycles. The Labute approximate surface area is 121 Å². The van der Waals surface area contributed by atoms with Gasteiger partial charge < -0.3 is 0 Å². The summed E-state index contributed by atoms with van der Waals surface area (Å²) in [5.74, 6) is 1.000. The molecule has 0 saturated heterocycles. The number of sulfone groups is 1. The molecular weight excluding hydrogens is 256 g/mol. The van der Waals surface area contributed by atoms with Crippen LogP contribution in [-0.4, -0.2) is 19.9 Å². The van der Waals surface area contributed by atoms with E-state index >= 15 is 0 Å². The molecule has 0 aliphatic heterocycles. The van der Waals surface area contributed by atoms with Gasteiger partial charge in [-0.05, 0) is 12.3 Å². The smallest absolute Gasteiger partial charge is 0.150 e. The standard InChI is InChI=1S/C16H34O2S/c1-4-5-6-7-8-9-10-11-12-13-14-19(17,18)15-16(2)3/h16H,4-15H2,1-3H3. The van der Waals surface area contributed by atoms with Gasteiger partial charge in [0, 0.05) is 0 Å². The minimum atomic E-state index is -2.79. The van der Waals surface area contributed by atoms with Crippen LogP contribution in [-0.2, 0) is 9.84 Å². The number of hydrogen-bond donors (Lipinski definition) is 0. The van der Waals surface area contributed by atoms with Crippen LogP contribution in [0.2, 0.25) is 0 Å². The molecule has 0 aliphatic carbocycles. The van der Waals surface area contributed by atoms with E-state index in [1.807, 2.05) is 13.8 Å². The van der Waals surface area contributed by atoms with E-state index < -0.39 is 9.84 Å². The largest absolute Gasteiger partial charge is 0.229 e. The minimum absolute atomic E-state index is 0.258. The summed E-state index contributed by atoms with van der Waals surface area (Å²) < 4.78 is 23.4. The highest BCUT2D eigenvalue weighted by molar-refractivity contribution is 7.91. The van der Waals surface area contributed by atoms with E-state index in [0.29, 0.717) is 11.5 Å². The topological polar surface area (TPSA) is 34.1 Å². The molecule has 0 atom stereocenters. The lowest BCUT2D eigenvalue weighted by molar-refractivity contribution is 0.555. The van der Waals surface area contributed by atoms with Gasteiger partial charge in [-0.3, -0.25) is 0 Å². The van der Waals surface area contributed by atoms with Crippen LogP contribution in [0, 0.1) is 5.92 Å². The fourth-order valence-electron chi connectivity index (χ4n) is 2.40. The first kappa shape index (κ1) is 18.9. The zero-order chi connectivity index (χ0) is 14.6. The van der Waals surface area contributed by atoms with E-state index in [4.69, 9.17) is 0 Å². The molecule has 116 valence electrons. The molecule has 0 aromatic carbocycles. The van der Waals surface area contributed by atoms with Crippen LogP contribution in [0.3, 0.4) is 0 Å². The Hall–Kier alpha value is -0.0500. The van der Waals surface area contributed by atoms with Crippen LogP contribution in [0.5, 0.6) is 0 Å². The van der Waals surface area contributed by atoms with Gasteiger partial charge in [-0.15, -0.1) is 0 Å². The SMILES string of the molecule is CCCCCCCCCCCCS(=O)(=O)CC(C)C. The molecule has 0 radical (unpaired) electrons. The van der Waals surface area contributed by atoms with Crippen LogP contribution < -0.4 is 0 Å². The zero-order valence-corrected chi connectivity index (χ0v) is 14.1. The highest BCUT2D eigenvalue weighted by Gasteiger charge is 2.12. The Kier molecular flexibility index (Phi) is 11.7. The summed E-state index contributed by atoms with van der Waals surface area (Å²) in [6, 6.07) is 0. The molecule has 0 rings (SSSR count). The Bertz CT molecular complexity index is 281. The Morgan fingerprint density at radius 1 is 0.737 bits per heavy atom. The average Bonchev–Trinajstić information content (AvgIpc) is 2.30. The van der Waals surface area contributed by atoms with Crippen LogP contribution in [0.1, 0.15) is 85.0 Å². The van der Waals surface area contributed by atoms with Crippen molar-refractivity contribution >= 4 is 9.84 Å². The molecule has 0 heterocycles. The van der Waals surface area contributed by atoms with E-state index in [-0.39, 0.29) is 5.92 Å². The van der Waals surface area contributed by atoms with Gasteiger partial charge in [0.15, 0.2) is 9.84 Å². The van der Waals surface area contributed by atoms with E-state index in [1.165, 1.54) is 51.4 Å².